The van der Waals surface area contributed by atoms with Gasteiger partial charge < -0.3 is 9.64 Å². The zero-order valence-corrected chi connectivity index (χ0v) is 18.9. The highest BCUT2D eigenvalue weighted by molar-refractivity contribution is 7.89. The maximum Gasteiger partial charge on any atom is 0.243 e. The minimum atomic E-state index is -3.52. The SMILES string of the molecule is Cc1ccc(S(=O)(=O)N2CCN(C(=O)CN3CCOC4CCCCC43)CC2)cc1C. The van der Waals surface area contributed by atoms with Gasteiger partial charge >= 0.3 is 0 Å². The molecule has 2 unspecified atom stereocenters. The van der Waals surface area contributed by atoms with Crippen LogP contribution in [-0.4, -0.2) is 86.5 Å². The number of sulfonamides is 1. The lowest BCUT2D eigenvalue weighted by Gasteiger charge is -2.44. The van der Waals surface area contributed by atoms with Crippen molar-refractivity contribution >= 4 is 15.9 Å². The molecule has 0 bridgehead atoms. The van der Waals surface area contributed by atoms with Gasteiger partial charge in [-0.15, -0.1) is 0 Å². The average Bonchev–Trinajstić information content (AvgIpc) is 2.76. The Morgan fingerprint density at radius 2 is 1.77 bits per heavy atom. The Kier molecular flexibility index (Phi) is 6.48. The van der Waals surface area contributed by atoms with Crippen molar-refractivity contribution in [1.29, 1.82) is 0 Å². The molecule has 0 aromatic heterocycles. The van der Waals surface area contributed by atoms with Crippen LogP contribution in [0, 0.1) is 13.8 Å². The summed E-state index contributed by atoms with van der Waals surface area (Å²) in [5.74, 6) is 0.101. The zero-order chi connectivity index (χ0) is 21.3. The number of piperazine rings is 1. The van der Waals surface area contributed by atoms with Crippen molar-refractivity contribution in [3.63, 3.8) is 0 Å². The standard InChI is InChI=1S/C22H33N3O4S/c1-17-7-8-19(15-18(17)2)30(27,28)25-11-9-23(10-12-25)22(26)16-24-13-14-29-21-6-4-3-5-20(21)24/h7-8,15,20-21H,3-6,9-14,16H2,1-2H3. The van der Waals surface area contributed by atoms with E-state index in [9.17, 15) is 13.2 Å². The lowest BCUT2D eigenvalue weighted by atomic mass is 9.90. The highest BCUT2D eigenvalue weighted by Crippen LogP contribution is 2.28. The number of hydrogen-bond acceptors (Lipinski definition) is 5. The number of rotatable bonds is 4. The van der Waals surface area contributed by atoms with Crippen molar-refractivity contribution in [2.45, 2.75) is 56.6 Å². The third kappa shape index (κ3) is 4.42. The number of carbonyl (C=O) groups is 1. The molecule has 4 rings (SSSR count). The minimum absolute atomic E-state index is 0.101. The third-order valence-electron chi connectivity index (χ3n) is 6.89. The van der Waals surface area contributed by atoms with E-state index in [2.05, 4.69) is 4.90 Å². The van der Waals surface area contributed by atoms with E-state index in [0.29, 0.717) is 50.3 Å². The van der Waals surface area contributed by atoms with E-state index in [0.717, 1.165) is 30.5 Å². The molecule has 166 valence electrons. The monoisotopic (exact) mass is 435 g/mol. The van der Waals surface area contributed by atoms with Gasteiger partial charge in [-0.25, -0.2) is 8.42 Å². The summed E-state index contributed by atoms with van der Waals surface area (Å²) in [6, 6.07) is 5.61. The largest absolute Gasteiger partial charge is 0.375 e. The van der Waals surface area contributed by atoms with E-state index < -0.39 is 10.0 Å². The van der Waals surface area contributed by atoms with Gasteiger partial charge in [-0.3, -0.25) is 9.69 Å². The average molecular weight is 436 g/mol. The van der Waals surface area contributed by atoms with E-state index in [4.69, 9.17) is 4.74 Å². The van der Waals surface area contributed by atoms with Gasteiger partial charge in [0, 0.05) is 38.8 Å². The fourth-order valence-corrected chi connectivity index (χ4v) is 6.36. The van der Waals surface area contributed by atoms with Gasteiger partial charge in [0.2, 0.25) is 15.9 Å². The summed E-state index contributed by atoms with van der Waals surface area (Å²) in [6.45, 7) is 7.38. The second-order valence-corrected chi connectivity index (χ2v) is 10.7. The Bertz CT molecular complexity index is 878. The van der Waals surface area contributed by atoms with Crippen LogP contribution in [0.5, 0.6) is 0 Å². The minimum Gasteiger partial charge on any atom is -0.375 e. The quantitative estimate of drug-likeness (QED) is 0.721. The number of aryl methyl sites for hydroxylation is 2. The van der Waals surface area contributed by atoms with Gasteiger partial charge in [-0.1, -0.05) is 18.9 Å². The molecule has 1 amide bonds. The molecule has 8 heteroatoms. The van der Waals surface area contributed by atoms with Crippen molar-refractivity contribution in [3.8, 4) is 0 Å². The number of ether oxygens (including phenoxy) is 1. The molecule has 0 radical (unpaired) electrons. The van der Waals surface area contributed by atoms with E-state index in [1.165, 1.54) is 17.1 Å². The van der Waals surface area contributed by atoms with Gasteiger partial charge in [0.15, 0.2) is 0 Å². The summed E-state index contributed by atoms with van der Waals surface area (Å²) < 4.78 is 33.4. The van der Waals surface area contributed by atoms with Crippen LogP contribution in [0.25, 0.3) is 0 Å². The van der Waals surface area contributed by atoms with Crippen LogP contribution in [0.1, 0.15) is 36.8 Å². The van der Waals surface area contributed by atoms with E-state index in [1.54, 1.807) is 12.1 Å². The van der Waals surface area contributed by atoms with Crippen LogP contribution in [0.2, 0.25) is 0 Å². The lowest BCUT2D eigenvalue weighted by molar-refractivity contribution is -0.140. The highest BCUT2D eigenvalue weighted by Gasteiger charge is 2.36. The number of hydrogen-bond donors (Lipinski definition) is 0. The van der Waals surface area contributed by atoms with Crippen LogP contribution in [0.4, 0.5) is 0 Å². The van der Waals surface area contributed by atoms with Crippen LogP contribution in [0.15, 0.2) is 23.1 Å². The van der Waals surface area contributed by atoms with Crippen LogP contribution in [0.3, 0.4) is 0 Å². The molecule has 3 fully saturated rings. The topological polar surface area (TPSA) is 70.2 Å². The zero-order valence-electron chi connectivity index (χ0n) is 18.0. The first-order valence-electron chi connectivity index (χ1n) is 11.1. The predicted molar refractivity (Wildman–Crippen MR) is 115 cm³/mol. The van der Waals surface area contributed by atoms with Crippen molar-refractivity contribution in [2.24, 2.45) is 0 Å². The molecule has 2 saturated heterocycles. The van der Waals surface area contributed by atoms with Crippen molar-refractivity contribution < 1.29 is 17.9 Å². The molecule has 2 heterocycles. The molecule has 3 aliphatic rings. The van der Waals surface area contributed by atoms with Crippen molar-refractivity contribution in [3.05, 3.63) is 29.3 Å². The number of morpholine rings is 1. The van der Waals surface area contributed by atoms with E-state index >= 15 is 0 Å². The van der Waals surface area contributed by atoms with Gasteiger partial charge in [-0.05, 0) is 49.9 Å². The number of carbonyl (C=O) groups excluding carboxylic acids is 1. The van der Waals surface area contributed by atoms with Crippen molar-refractivity contribution in [1.82, 2.24) is 14.1 Å². The first kappa shape index (κ1) is 21.7. The van der Waals surface area contributed by atoms with Gasteiger partial charge in [0.05, 0.1) is 24.2 Å². The summed E-state index contributed by atoms with van der Waals surface area (Å²) >= 11 is 0. The van der Waals surface area contributed by atoms with E-state index in [1.807, 2.05) is 24.8 Å². The first-order valence-corrected chi connectivity index (χ1v) is 12.5. The molecule has 1 saturated carbocycles. The Labute approximate surface area is 180 Å². The number of amides is 1. The van der Waals surface area contributed by atoms with Gasteiger partial charge in [0.25, 0.3) is 0 Å². The summed E-state index contributed by atoms with van der Waals surface area (Å²) in [7, 11) is -3.52. The maximum atomic E-state index is 13.0. The molecule has 30 heavy (non-hydrogen) atoms. The molecular weight excluding hydrogens is 402 g/mol. The van der Waals surface area contributed by atoms with Gasteiger partial charge in [0.1, 0.15) is 0 Å². The summed E-state index contributed by atoms with van der Waals surface area (Å²) in [5.41, 5.74) is 2.05. The normalized spacial score (nSPS) is 26.4. The molecule has 2 atom stereocenters. The van der Waals surface area contributed by atoms with Crippen LogP contribution < -0.4 is 0 Å². The highest BCUT2D eigenvalue weighted by atomic mass is 32.2. The summed E-state index contributed by atoms with van der Waals surface area (Å²) in [6.07, 6.45) is 4.86. The fraction of sp³-hybridized carbons (Fsp3) is 0.682. The third-order valence-corrected chi connectivity index (χ3v) is 8.79. The second kappa shape index (κ2) is 8.94. The lowest BCUT2D eigenvalue weighted by Crippen LogP contribution is -2.57. The molecule has 0 spiro atoms. The molecule has 1 aromatic rings. The molecule has 1 aliphatic carbocycles. The number of nitrogens with zero attached hydrogens (tertiary/aromatic N) is 3. The number of benzene rings is 1. The van der Waals surface area contributed by atoms with E-state index in [-0.39, 0.29) is 12.0 Å². The Morgan fingerprint density at radius 1 is 1.03 bits per heavy atom. The predicted octanol–water partition coefficient (Wildman–Crippen LogP) is 1.78. The van der Waals surface area contributed by atoms with Crippen LogP contribution in [-0.2, 0) is 19.6 Å². The molecule has 7 nitrogen and oxygen atoms in total. The molecule has 0 N–H and O–H groups in total. The molecule has 1 aromatic carbocycles. The summed E-state index contributed by atoms with van der Waals surface area (Å²) in [5, 5.41) is 0. The fourth-order valence-electron chi connectivity index (χ4n) is 4.85. The first-order chi connectivity index (χ1) is 14.4. The number of fused-ring (bicyclic) bond motifs is 1. The molecular formula is C22H33N3O4S. The molecule has 2 aliphatic heterocycles. The smallest absolute Gasteiger partial charge is 0.243 e. The van der Waals surface area contributed by atoms with Crippen LogP contribution >= 0.6 is 0 Å². The van der Waals surface area contributed by atoms with Crippen molar-refractivity contribution in [2.75, 3.05) is 45.9 Å². The summed E-state index contributed by atoms with van der Waals surface area (Å²) in [4.78, 5) is 17.4. The Morgan fingerprint density at radius 3 is 2.50 bits per heavy atom. The Hall–Kier alpha value is -1.48. The van der Waals surface area contributed by atoms with Gasteiger partial charge in [-0.2, -0.15) is 4.31 Å². The maximum absolute atomic E-state index is 13.0. The second-order valence-electron chi connectivity index (χ2n) is 8.76. The Balaban J connectivity index is 1.34.